The van der Waals surface area contributed by atoms with E-state index in [0.717, 1.165) is 12.2 Å². The molecule has 0 saturated heterocycles. The first kappa shape index (κ1) is 21.2. The highest BCUT2D eigenvalue weighted by Crippen LogP contribution is 1.80. The van der Waals surface area contributed by atoms with E-state index < -0.39 is 17.9 Å². The number of hydrogen-bond acceptors (Lipinski definition) is 4. The molecule has 0 aromatic heterocycles. The summed E-state index contributed by atoms with van der Waals surface area (Å²) in [4.78, 5) is 30.2. The Morgan fingerprint density at radius 1 is 1.00 bits per heavy atom. The van der Waals surface area contributed by atoms with Crippen LogP contribution in [0.25, 0.3) is 0 Å². The molecule has 0 atom stereocenters. The zero-order valence-corrected chi connectivity index (χ0v) is 10.5. The molecule has 0 aromatic rings. The van der Waals surface area contributed by atoms with Gasteiger partial charge in [0.15, 0.2) is 0 Å². The third-order valence-electron chi connectivity index (χ3n) is 1.12. The fraction of sp³-hybridized carbons (Fsp3) is 0.364. The Bertz CT molecular complexity index is 267. The maximum atomic E-state index is 9.88. The molecule has 0 radical (unpaired) electrons. The monoisotopic (exact) mass is 261 g/mol. The van der Waals surface area contributed by atoms with Crippen LogP contribution in [0.3, 0.4) is 0 Å². The molecule has 0 unspecified atom stereocenters. The number of hydrogen-bond donors (Lipinski definition) is 3. The highest BCUT2D eigenvalue weighted by molar-refractivity contribution is 5.79. The molecule has 0 spiro atoms. The first-order valence-corrected chi connectivity index (χ1v) is 4.74. The van der Waals surface area contributed by atoms with Crippen molar-refractivity contribution in [3.63, 3.8) is 0 Å². The summed E-state index contributed by atoms with van der Waals surface area (Å²) in [6.45, 7) is 6.54. The molecular weight excluding hydrogens is 242 g/mol. The maximum absolute atomic E-state index is 9.88. The van der Waals surface area contributed by atoms with Crippen LogP contribution in [-0.4, -0.2) is 58.8 Å². The van der Waals surface area contributed by atoms with Crippen molar-refractivity contribution < 1.29 is 29.7 Å². The second kappa shape index (κ2) is 14.8. The lowest BCUT2D eigenvalue weighted by Crippen LogP contribution is -2.15. The van der Waals surface area contributed by atoms with Crippen LogP contribution in [0.1, 0.15) is 6.42 Å². The van der Waals surface area contributed by atoms with Crippen molar-refractivity contribution in [3.8, 4) is 0 Å². The smallest absolute Gasteiger partial charge is 0.327 e. The summed E-state index contributed by atoms with van der Waals surface area (Å²) in [5.41, 5.74) is 0. The van der Waals surface area contributed by atoms with E-state index in [9.17, 15) is 14.4 Å². The first-order valence-electron chi connectivity index (χ1n) is 4.74. The molecule has 104 valence electrons. The van der Waals surface area contributed by atoms with Gasteiger partial charge in [0, 0.05) is 18.7 Å². The van der Waals surface area contributed by atoms with Gasteiger partial charge in [0.05, 0.1) is 6.42 Å². The molecule has 3 N–H and O–H groups in total. The Morgan fingerprint density at radius 2 is 1.28 bits per heavy atom. The maximum Gasteiger partial charge on any atom is 0.327 e. The predicted octanol–water partition coefficient (Wildman–Crippen LogP) is 0.537. The highest BCUT2D eigenvalue weighted by atomic mass is 16.4. The summed E-state index contributed by atoms with van der Waals surface area (Å²) in [6, 6.07) is 0. The Labute approximate surface area is 106 Å². The van der Waals surface area contributed by atoms with Crippen molar-refractivity contribution in [3.05, 3.63) is 25.3 Å². The van der Waals surface area contributed by atoms with Crippen LogP contribution < -0.4 is 0 Å². The quantitative estimate of drug-likeness (QED) is 0.618. The van der Waals surface area contributed by atoms with Crippen LogP contribution in [0.2, 0.25) is 0 Å². The van der Waals surface area contributed by atoms with Crippen LogP contribution in [-0.2, 0) is 14.4 Å². The Hall–Kier alpha value is -2.15. The summed E-state index contributed by atoms with van der Waals surface area (Å²) in [7, 11) is 3.70. The fourth-order valence-corrected chi connectivity index (χ4v) is 0.319. The molecule has 0 aliphatic carbocycles. The molecule has 0 rings (SSSR count). The summed E-state index contributed by atoms with van der Waals surface area (Å²) < 4.78 is 0. The van der Waals surface area contributed by atoms with Crippen molar-refractivity contribution in [2.75, 3.05) is 20.6 Å². The lowest BCUT2D eigenvalue weighted by molar-refractivity contribution is -0.137. The number of carbonyl (C=O) groups is 3. The molecule has 0 amide bonds. The molecule has 0 aliphatic heterocycles. The minimum absolute atomic E-state index is 0.229. The second-order valence-corrected chi connectivity index (χ2v) is 3.03. The van der Waals surface area contributed by atoms with Gasteiger partial charge in [-0.3, -0.25) is 4.79 Å². The molecule has 0 saturated carbocycles. The number of nitrogens with zero attached hydrogens (tertiary/aromatic N) is 1. The molecule has 0 heterocycles. The van der Waals surface area contributed by atoms with E-state index in [1.165, 1.54) is 0 Å². The summed E-state index contributed by atoms with van der Waals surface area (Å²) in [6.07, 6.45) is 1.90. The van der Waals surface area contributed by atoms with E-state index >= 15 is 0 Å². The third-order valence-corrected chi connectivity index (χ3v) is 1.12. The van der Waals surface area contributed by atoms with Crippen molar-refractivity contribution in [1.82, 2.24) is 4.90 Å². The zero-order valence-electron chi connectivity index (χ0n) is 10.5. The largest absolute Gasteiger partial charge is 0.481 e. The van der Waals surface area contributed by atoms with Gasteiger partial charge in [-0.25, -0.2) is 9.59 Å². The summed E-state index contributed by atoms with van der Waals surface area (Å²) in [5.74, 6) is -2.70. The number of rotatable bonds is 5. The van der Waals surface area contributed by atoms with Gasteiger partial charge in [0.25, 0.3) is 0 Å². The van der Waals surface area contributed by atoms with Crippen LogP contribution in [0.4, 0.5) is 0 Å². The zero-order chi connectivity index (χ0) is 15.1. The summed E-state index contributed by atoms with van der Waals surface area (Å²) in [5, 5.41) is 23.3. The van der Waals surface area contributed by atoms with Gasteiger partial charge in [-0.2, -0.15) is 0 Å². The van der Waals surface area contributed by atoms with E-state index in [1.807, 2.05) is 19.0 Å². The number of carboxylic acids is 3. The Kier molecular flexibility index (Phi) is 17.5. The predicted molar refractivity (Wildman–Crippen MR) is 66.5 cm³/mol. The Balaban J connectivity index is -0.000000197. The number of carboxylic acid groups (broad SMARTS) is 3. The van der Waals surface area contributed by atoms with E-state index in [2.05, 4.69) is 13.2 Å². The molecule has 0 aliphatic rings. The first-order chi connectivity index (χ1) is 8.17. The van der Waals surface area contributed by atoms with Gasteiger partial charge in [0.2, 0.25) is 0 Å². The minimum atomic E-state index is -0.981. The lowest BCUT2D eigenvalue weighted by atomic mass is 10.4. The third kappa shape index (κ3) is 48.7. The van der Waals surface area contributed by atoms with Crippen molar-refractivity contribution in [2.45, 2.75) is 6.42 Å². The molecule has 7 nitrogen and oxygen atoms in total. The normalized spacial score (nSPS) is 7.94. The van der Waals surface area contributed by atoms with Gasteiger partial charge < -0.3 is 20.2 Å². The van der Waals surface area contributed by atoms with Crippen LogP contribution in [0, 0.1) is 0 Å². The van der Waals surface area contributed by atoms with E-state index in [-0.39, 0.29) is 6.42 Å². The van der Waals surface area contributed by atoms with Crippen LogP contribution >= 0.6 is 0 Å². The molecule has 7 heteroatoms. The van der Waals surface area contributed by atoms with Gasteiger partial charge in [0.1, 0.15) is 0 Å². The molecule has 0 fully saturated rings. The van der Waals surface area contributed by atoms with Gasteiger partial charge >= 0.3 is 17.9 Å². The molecular formula is C11H19NO6. The average Bonchev–Trinajstić information content (AvgIpc) is 2.27. The molecule has 18 heavy (non-hydrogen) atoms. The SMILES string of the molecule is C=CC(=O)O.C=CC(=O)O.CN(C)CCC(=O)O. The van der Waals surface area contributed by atoms with E-state index in [0.29, 0.717) is 6.54 Å². The van der Waals surface area contributed by atoms with Gasteiger partial charge in [-0.05, 0) is 14.1 Å². The number of aliphatic carboxylic acids is 3. The standard InChI is InChI=1S/C5H11NO2.2C3H4O2/c1-6(2)4-3-5(7)8;2*1-2-3(4)5/h3-4H2,1-2H3,(H,7,8);2*2H,1H2,(H,4,5). The van der Waals surface area contributed by atoms with Gasteiger partial charge in [-0.1, -0.05) is 13.2 Å². The second-order valence-electron chi connectivity index (χ2n) is 3.03. The fourth-order valence-electron chi connectivity index (χ4n) is 0.319. The average molecular weight is 261 g/mol. The highest BCUT2D eigenvalue weighted by Gasteiger charge is 1.95. The van der Waals surface area contributed by atoms with Crippen LogP contribution in [0.15, 0.2) is 25.3 Å². The van der Waals surface area contributed by atoms with Gasteiger partial charge in [-0.15, -0.1) is 0 Å². The van der Waals surface area contributed by atoms with Crippen LogP contribution in [0.5, 0.6) is 0 Å². The molecule has 0 bridgehead atoms. The lowest BCUT2D eigenvalue weighted by Gasteiger charge is -2.04. The van der Waals surface area contributed by atoms with Crippen molar-refractivity contribution in [1.29, 1.82) is 0 Å². The minimum Gasteiger partial charge on any atom is -0.481 e. The van der Waals surface area contributed by atoms with Crippen molar-refractivity contribution >= 4 is 17.9 Å². The topological polar surface area (TPSA) is 115 Å². The molecule has 0 aromatic carbocycles. The summed E-state index contributed by atoms with van der Waals surface area (Å²) >= 11 is 0. The van der Waals surface area contributed by atoms with E-state index in [4.69, 9.17) is 15.3 Å². The van der Waals surface area contributed by atoms with Crippen molar-refractivity contribution in [2.24, 2.45) is 0 Å². The van der Waals surface area contributed by atoms with E-state index in [1.54, 1.807) is 0 Å². The Morgan fingerprint density at radius 3 is 1.33 bits per heavy atom.